The summed E-state index contributed by atoms with van der Waals surface area (Å²) in [5.74, 6) is 0.238. The van der Waals surface area contributed by atoms with Crippen molar-refractivity contribution >= 4 is 88.8 Å². The number of nitrogens with two attached hydrogens (primary N) is 2. The minimum absolute atomic E-state index is 0. The lowest BCUT2D eigenvalue weighted by Gasteiger charge is -2.31. The van der Waals surface area contributed by atoms with Crippen LogP contribution in [0.25, 0.3) is 0 Å². The Labute approximate surface area is 763 Å². The number of hydrogen-bond acceptors (Lipinski definition) is 20. The summed E-state index contributed by atoms with van der Waals surface area (Å²) in [6, 6.07) is 36.9. The lowest BCUT2D eigenvalue weighted by Crippen LogP contribution is -3.00. The van der Waals surface area contributed by atoms with Crippen LogP contribution in [0.2, 0.25) is 0 Å². The average molecular weight is 2570 g/mol. The van der Waals surface area contributed by atoms with E-state index in [0.717, 1.165) is 34.0 Å². The van der Waals surface area contributed by atoms with Gasteiger partial charge in [0, 0.05) is 70.8 Å². The number of aliphatic hydroxyl groups excluding tert-OH is 1. The number of carbonyl (C=O) groups excluding carboxylic acids is 2. The topological polar surface area (TPSA) is 344 Å². The highest BCUT2D eigenvalue weighted by Crippen LogP contribution is 2.70. The molecule has 0 aliphatic carbocycles. The van der Waals surface area contributed by atoms with Crippen molar-refractivity contribution in [2.45, 2.75) is 75.2 Å². The first-order chi connectivity index (χ1) is 37.7. The van der Waals surface area contributed by atoms with Crippen LogP contribution in [0.15, 0.2) is 131 Å². The first kappa shape index (κ1) is 147. The lowest BCUT2D eigenvalue weighted by atomic mass is 10.1. The van der Waals surface area contributed by atoms with Crippen molar-refractivity contribution < 1.29 is 337 Å². The predicted molar refractivity (Wildman–Crippen MR) is 331 cm³/mol. The molecule has 590 valence electrons. The zero-order valence-electron chi connectivity index (χ0n) is 55.6. The van der Waals surface area contributed by atoms with Gasteiger partial charge in [0.2, 0.25) is 6.08 Å². The number of hydrogen-bond donors (Lipinski definition) is 7. The average Bonchev–Trinajstić information content (AvgIpc) is 1.58. The minimum atomic E-state index is -3.33. The van der Waals surface area contributed by atoms with Gasteiger partial charge in [0.05, 0.1) is 10.9 Å². The van der Waals surface area contributed by atoms with Crippen LogP contribution < -0.4 is 300 Å². The monoisotopic (exact) mass is 2550 g/mol. The molecule has 0 spiro atoms. The number of benzene rings is 4. The number of aliphatic hydroxyl groups is 1. The number of guanidine groups is 1. The molecule has 7 atom stereocenters. The number of alkyl halides is 2. The summed E-state index contributed by atoms with van der Waals surface area (Å²) in [6.45, 7) is 12.3. The van der Waals surface area contributed by atoms with Gasteiger partial charge in [-0.15, -0.1) is 23.2 Å². The maximum atomic E-state index is 12.9. The molecule has 98 heavy (non-hydrogen) atoms. The fourth-order valence-electron chi connectivity index (χ4n) is 7.62. The van der Waals surface area contributed by atoms with Crippen molar-refractivity contribution in [2.24, 2.45) is 21.5 Å². The van der Waals surface area contributed by atoms with Crippen LogP contribution in [0.1, 0.15) is 70.7 Å². The van der Waals surface area contributed by atoms with E-state index in [1.807, 2.05) is 116 Å². The van der Waals surface area contributed by atoms with Gasteiger partial charge in [0.15, 0.2) is 26.9 Å². The van der Waals surface area contributed by atoms with Crippen molar-refractivity contribution in [2.75, 3.05) is 76.2 Å². The number of aliphatic imine (C=N–C) groups is 2. The molecule has 2 amide bonds. The number of halogens is 18. The zero-order valence-corrected chi connectivity index (χ0v) is 86.9. The van der Waals surface area contributed by atoms with E-state index in [1.54, 1.807) is 67.8 Å². The van der Waals surface area contributed by atoms with Crippen LogP contribution >= 0.6 is 65.6 Å². The molecule has 2 saturated heterocycles. The first-order valence-electron chi connectivity index (χ1n) is 24.0. The molecule has 4 aromatic carbocycles. The molecule has 3 heterocycles. The van der Waals surface area contributed by atoms with Gasteiger partial charge in [-0.1, -0.05) is 121 Å². The Morgan fingerprint density at radius 2 is 0.857 bits per heavy atom. The molecule has 0 saturated carbocycles. The third kappa shape index (κ3) is 37.8. The summed E-state index contributed by atoms with van der Waals surface area (Å²) in [7, 11) is 1.29. The predicted octanol–water partition coefficient (Wildman–Crippen LogP) is -36.4. The van der Waals surface area contributed by atoms with E-state index in [1.165, 1.54) is 65.1 Å². The highest BCUT2D eigenvalue weighted by atomic mass is 79.9. The zero-order chi connectivity index (χ0) is 62.9. The number of thiocarbonyl (C=S) groups is 1. The molecule has 24 nitrogen and oxygen atoms in total. The molecular weight excluding hydrogens is 2480 g/mol. The van der Waals surface area contributed by atoms with E-state index in [-0.39, 0.29) is 295 Å². The molecule has 4 aromatic rings. The molecule has 7 rings (SSSR count). The number of urea groups is 1. The summed E-state index contributed by atoms with van der Waals surface area (Å²) in [6.07, 6.45) is 1.31. The fraction of sp³-hybridized carbons (Fsp3) is 0.451. The number of amides is 2. The van der Waals surface area contributed by atoms with Gasteiger partial charge in [-0.3, -0.25) is 37.5 Å². The van der Waals surface area contributed by atoms with E-state index in [4.69, 9.17) is 84.7 Å². The third-order valence-electron chi connectivity index (χ3n) is 12.3. The van der Waals surface area contributed by atoms with Crippen molar-refractivity contribution in [3.05, 3.63) is 144 Å². The number of carbonyl (C=O) groups is 1. The smallest absolute Gasteiger partial charge is 0.354 e. The van der Waals surface area contributed by atoms with Crippen LogP contribution in [0.4, 0.5) is 4.79 Å². The number of nitrogens with zero attached hydrogens (tertiary/aromatic N) is 5. The van der Waals surface area contributed by atoms with Gasteiger partial charge in [-0.25, -0.2) is 24.5 Å². The van der Waals surface area contributed by atoms with E-state index in [2.05, 4.69) is 25.5 Å². The van der Waals surface area contributed by atoms with Gasteiger partial charge < -0.3 is 328 Å². The molecule has 11 N–H and O–H groups in total. The minimum Gasteiger partial charge on any atom is -1.00 e. The summed E-state index contributed by atoms with van der Waals surface area (Å²) in [5.41, 5.74) is 14.6. The van der Waals surface area contributed by atoms with E-state index in [9.17, 15) is 23.1 Å². The first-order valence-corrected chi connectivity index (χ1v) is 31.8. The molecule has 0 aromatic heterocycles. The second-order valence-electron chi connectivity index (χ2n) is 18.3. The van der Waals surface area contributed by atoms with Gasteiger partial charge >= 0.3 is 36.2 Å². The SMILES string of the molecule is CC(C)(C)OO.CN=C=O.CO.COP(=O)(OC)C(C)(N)c1ccccc1.COP1(=O)N(C)C(=O)NC1(C)c1ccccc1.COP1(=O)N(C)C(=S)NC1(C)c1ccccc1.COP1(=O)N(C)C(N)=NC1(C)c1ccccc1.ClCCl.N.[Br-].[Br-].[Br-].[Br-].[Br-].[Br-].[Br-].[Br-].[Br-].[Br-].[Br-].[Br-].[Br-].[Br-].[Br-].[Br-]. The van der Waals surface area contributed by atoms with Crippen LogP contribution in [-0.4, -0.2) is 129 Å². The lowest BCUT2D eigenvalue weighted by molar-refractivity contribution is -0.306. The van der Waals surface area contributed by atoms with E-state index >= 15 is 0 Å². The van der Waals surface area contributed by atoms with Crippen LogP contribution in [0.5, 0.6) is 0 Å². The van der Waals surface area contributed by atoms with Gasteiger partial charge in [0.1, 0.15) is 5.28 Å². The van der Waals surface area contributed by atoms with Gasteiger partial charge in [-0.2, -0.15) is 0 Å². The Morgan fingerprint density at radius 3 is 1.12 bits per heavy atom. The van der Waals surface area contributed by atoms with Gasteiger partial charge in [-0.05, 0) is 82.9 Å². The number of isocyanates is 1. The number of rotatable bonds is 10. The van der Waals surface area contributed by atoms with Crippen molar-refractivity contribution in [1.82, 2.24) is 30.8 Å². The standard InChI is InChI=1S/C11H16N3O2P.C11H15N2O3P.C11H15N2O2PS.C10H16NO3P.C4H10O2.C2H3NO.CH2Cl2.CH4O.16BrH.H3N/c1-11(9-7-5-4-6-8-9)13-10(12)14(2)17(11,15)16-3;1-11(9-7-5-4-6-8-9)12-10(14)13(2)17(11,15)16-3;1-11(9-7-5-4-6-8-9)12-10(17)13(2)16(11,14)15-3;1-10(11,15(12,13-2)14-3)9-7-5-4-6-8-9;1-4(2,3)6-5;1-3-2-4;2-1-3;1-2;;;;;;;;;;;;;;;;;/h4-8H,1-3H3,(H2,12,13);4-8H,1-3H3,(H,12,14);4-8H,1-3H3,(H,12,17);4-8H,11H2,1-3H3;5H,1-3H3;1H3;1H2;2H,1H3;16*1H;1H3/p-16. The summed E-state index contributed by atoms with van der Waals surface area (Å²) in [5, 5.41) is 17.5. The second-order valence-corrected chi connectivity index (χ2v) is 30.8. The van der Waals surface area contributed by atoms with Crippen LogP contribution in [0, 0.1) is 0 Å². The largest absolute Gasteiger partial charge is 1.00 e. The Kier molecular flexibility index (Phi) is 104. The molecule has 2 fully saturated rings. The molecule has 0 radical (unpaired) electrons. The van der Waals surface area contributed by atoms with Crippen molar-refractivity contribution in [1.29, 1.82) is 0 Å². The van der Waals surface area contributed by atoms with Crippen LogP contribution in [0.3, 0.4) is 0 Å². The highest BCUT2D eigenvalue weighted by molar-refractivity contribution is 7.81. The van der Waals surface area contributed by atoms with Crippen LogP contribution in [-0.2, 0) is 71.7 Å². The fourth-order valence-corrected chi connectivity index (χ4v) is 16.2. The summed E-state index contributed by atoms with van der Waals surface area (Å²) >= 11 is 14.7. The normalized spacial score (nSPS) is 20.6. The summed E-state index contributed by atoms with van der Waals surface area (Å²) < 4.78 is 80.4. The van der Waals surface area contributed by atoms with Crippen molar-refractivity contribution in [3.63, 3.8) is 0 Å². The Balaban J connectivity index is -0.0000000483. The molecule has 3 aliphatic heterocycles. The molecular formula is C51H84Br16Cl2N10O14P4S-16. The maximum absolute atomic E-state index is 12.9. The van der Waals surface area contributed by atoms with E-state index < -0.39 is 56.9 Å². The molecule has 0 bridgehead atoms. The third-order valence-corrected chi connectivity index (χ3v) is 24.1. The molecule has 47 heteroatoms. The number of nitrogens with one attached hydrogen (secondary N) is 2. The molecule has 3 aliphatic rings. The molecule has 7 unspecified atom stereocenters. The Hall–Kier alpha value is 3.27. The second kappa shape index (κ2) is 69.5. The highest BCUT2D eigenvalue weighted by Gasteiger charge is 2.59. The van der Waals surface area contributed by atoms with Crippen molar-refractivity contribution in [3.8, 4) is 0 Å². The Morgan fingerprint density at radius 1 is 0.592 bits per heavy atom. The maximum Gasteiger partial charge on any atom is 0.354 e. The quantitative estimate of drug-likeness (QED) is 0.0147. The Bertz CT molecular complexity index is 2820. The van der Waals surface area contributed by atoms with E-state index in [0.29, 0.717) is 5.11 Å². The van der Waals surface area contributed by atoms with Gasteiger partial charge in [0.25, 0.3) is 0 Å². The summed E-state index contributed by atoms with van der Waals surface area (Å²) in [4.78, 5) is 31.8.